The van der Waals surface area contributed by atoms with Gasteiger partial charge in [-0.05, 0) is 6.92 Å². The summed E-state index contributed by atoms with van der Waals surface area (Å²) in [6, 6.07) is 2.04. The molecule has 0 aromatic carbocycles. The first-order valence-corrected chi connectivity index (χ1v) is 9.69. The molecule has 8 nitrogen and oxygen atoms in total. The Balaban J connectivity index is 1.40. The molecule has 9 heteroatoms. The van der Waals surface area contributed by atoms with Crippen molar-refractivity contribution in [2.75, 3.05) is 62.3 Å². The van der Waals surface area contributed by atoms with Crippen LogP contribution in [0.2, 0.25) is 0 Å². The van der Waals surface area contributed by atoms with Crippen LogP contribution in [0.5, 0.6) is 0 Å². The van der Waals surface area contributed by atoms with Gasteiger partial charge in [0.25, 0.3) is 5.91 Å². The van der Waals surface area contributed by atoms with Gasteiger partial charge in [0, 0.05) is 45.3 Å². The lowest BCUT2D eigenvalue weighted by Crippen LogP contribution is -2.49. The molecule has 0 N–H and O–H groups in total. The Labute approximate surface area is 156 Å². The standard InChI is InChI=1S/C17H22N6O2S/c1-13-16(26-12-20-13)17(24)23-4-2-21(3-5-23)14-10-15(19-11-18-14)22-6-8-25-9-7-22/h10-12H,2-9H2,1H3. The predicted molar refractivity (Wildman–Crippen MR) is 100 cm³/mol. The van der Waals surface area contributed by atoms with E-state index in [0.717, 1.165) is 61.6 Å². The summed E-state index contributed by atoms with van der Waals surface area (Å²) in [4.78, 5) is 32.7. The zero-order valence-electron chi connectivity index (χ0n) is 14.8. The second-order valence-electron chi connectivity index (χ2n) is 6.38. The summed E-state index contributed by atoms with van der Waals surface area (Å²) in [5.41, 5.74) is 2.54. The van der Waals surface area contributed by atoms with E-state index in [2.05, 4.69) is 24.8 Å². The average Bonchev–Trinajstić information content (AvgIpc) is 3.14. The zero-order valence-corrected chi connectivity index (χ0v) is 15.6. The highest BCUT2D eigenvalue weighted by Crippen LogP contribution is 2.21. The van der Waals surface area contributed by atoms with E-state index in [0.29, 0.717) is 13.1 Å². The molecule has 4 heterocycles. The Hall–Kier alpha value is -2.26. The molecule has 0 spiro atoms. The largest absolute Gasteiger partial charge is 0.378 e. The van der Waals surface area contributed by atoms with E-state index < -0.39 is 0 Å². The number of aryl methyl sites for hydroxylation is 1. The van der Waals surface area contributed by atoms with Crippen molar-refractivity contribution in [3.63, 3.8) is 0 Å². The molecule has 0 saturated carbocycles. The Bertz CT molecular complexity index is 768. The first-order chi connectivity index (χ1) is 12.7. The van der Waals surface area contributed by atoms with Gasteiger partial charge in [-0.15, -0.1) is 11.3 Å². The Morgan fingerprint density at radius 1 is 1.00 bits per heavy atom. The minimum absolute atomic E-state index is 0.0846. The number of morpholine rings is 1. The molecule has 2 aliphatic rings. The maximum atomic E-state index is 12.6. The van der Waals surface area contributed by atoms with Gasteiger partial charge in [-0.3, -0.25) is 4.79 Å². The van der Waals surface area contributed by atoms with E-state index in [9.17, 15) is 4.79 Å². The Kier molecular flexibility index (Phi) is 4.98. The third-order valence-corrected chi connectivity index (χ3v) is 5.72. The fourth-order valence-electron chi connectivity index (χ4n) is 3.26. The molecule has 2 fully saturated rings. The van der Waals surface area contributed by atoms with Crippen molar-refractivity contribution in [3.8, 4) is 0 Å². The van der Waals surface area contributed by atoms with Crippen LogP contribution in [0.4, 0.5) is 11.6 Å². The maximum Gasteiger partial charge on any atom is 0.265 e. The lowest BCUT2D eigenvalue weighted by Gasteiger charge is -2.35. The first-order valence-electron chi connectivity index (χ1n) is 8.81. The lowest BCUT2D eigenvalue weighted by molar-refractivity contribution is 0.0750. The number of piperazine rings is 1. The molecule has 1 amide bonds. The second kappa shape index (κ2) is 7.55. The summed E-state index contributed by atoms with van der Waals surface area (Å²) in [6.45, 7) is 7.97. The van der Waals surface area contributed by atoms with E-state index in [1.165, 1.54) is 11.3 Å². The molecule has 0 aliphatic carbocycles. The number of carbonyl (C=O) groups excluding carboxylic acids is 1. The van der Waals surface area contributed by atoms with Crippen LogP contribution < -0.4 is 9.80 Å². The van der Waals surface area contributed by atoms with E-state index in [-0.39, 0.29) is 5.91 Å². The fraction of sp³-hybridized carbons (Fsp3) is 0.529. The quantitative estimate of drug-likeness (QED) is 0.795. The third-order valence-electron chi connectivity index (χ3n) is 4.80. The van der Waals surface area contributed by atoms with Crippen molar-refractivity contribution < 1.29 is 9.53 Å². The molecule has 2 aliphatic heterocycles. The van der Waals surface area contributed by atoms with Crippen molar-refractivity contribution in [2.45, 2.75) is 6.92 Å². The smallest absolute Gasteiger partial charge is 0.265 e. The Morgan fingerprint density at radius 2 is 1.65 bits per heavy atom. The molecule has 0 atom stereocenters. The molecule has 0 unspecified atom stereocenters. The summed E-state index contributed by atoms with van der Waals surface area (Å²) in [7, 11) is 0. The van der Waals surface area contributed by atoms with Crippen molar-refractivity contribution >= 4 is 28.9 Å². The van der Waals surface area contributed by atoms with Gasteiger partial charge in [-0.25, -0.2) is 15.0 Å². The Morgan fingerprint density at radius 3 is 2.27 bits per heavy atom. The van der Waals surface area contributed by atoms with Gasteiger partial charge < -0.3 is 19.4 Å². The highest BCUT2D eigenvalue weighted by atomic mass is 32.1. The average molecular weight is 374 g/mol. The molecule has 2 saturated heterocycles. The number of rotatable bonds is 3. The number of hydrogen-bond acceptors (Lipinski definition) is 8. The van der Waals surface area contributed by atoms with Gasteiger partial charge >= 0.3 is 0 Å². The topological polar surface area (TPSA) is 74.7 Å². The molecule has 2 aromatic rings. The first kappa shape index (κ1) is 17.2. The predicted octanol–water partition coefficient (Wildman–Crippen LogP) is 1.04. The van der Waals surface area contributed by atoms with Crippen LogP contribution in [0, 0.1) is 6.92 Å². The number of hydrogen-bond donors (Lipinski definition) is 0. The van der Waals surface area contributed by atoms with E-state index >= 15 is 0 Å². The monoisotopic (exact) mass is 374 g/mol. The number of nitrogens with zero attached hydrogens (tertiary/aromatic N) is 6. The number of ether oxygens (including phenoxy) is 1. The van der Waals surface area contributed by atoms with Gasteiger partial charge in [0.05, 0.1) is 24.4 Å². The van der Waals surface area contributed by atoms with E-state index in [1.54, 1.807) is 11.8 Å². The number of carbonyl (C=O) groups is 1. The second-order valence-corrected chi connectivity index (χ2v) is 7.23. The summed E-state index contributed by atoms with van der Waals surface area (Å²) in [5, 5.41) is 0. The minimum Gasteiger partial charge on any atom is -0.378 e. The maximum absolute atomic E-state index is 12.6. The summed E-state index contributed by atoms with van der Waals surface area (Å²) in [5.74, 6) is 1.95. The van der Waals surface area contributed by atoms with Crippen molar-refractivity contribution in [3.05, 3.63) is 28.5 Å². The highest BCUT2D eigenvalue weighted by molar-refractivity contribution is 7.11. The third kappa shape index (κ3) is 3.49. The highest BCUT2D eigenvalue weighted by Gasteiger charge is 2.25. The van der Waals surface area contributed by atoms with Gasteiger partial charge in [0.2, 0.25) is 0 Å². The van der Waals surface area contributed by atoms with Crippen molar-refractivity contribution in [1.82, 2.24) is 19.9 Å². The molecular weight excluding hydrogens is 352 g/mol. The number of thiazole rings is 1. The van der Waals surface area contributed by atoms with Crippen LogP contribution in [-0.2, 0) is 4.74 Å². The van der Waals surface area contributed by atoms with Gasteiger partial charge in [0.1, 0.15) is 22.8 Å². The number of aromatic nitrogens is 3. The number of anilines is 2. The van der Waals surface area contributed by atoms with Crippen LogP contribution in [0.25, 0.3) is 0 Å². The molecule has 0 bridgehead atoms. The summed E-state index contributed by atoms with van der Waals surface area (Å²) >= 11 is 1.41. The molecule has 138 valence electrons. The van der Waals surface area contributed by atoms with E-state index in [4.69, 9.17) is 4.74 Å². The van der Waals surface area contributed by atoms with Crippen LogP contribution in [0.3, 0.4) is 0 Å². The molecule has 0 radical (unpaired) electrons. The SMILES string of the molecule is Cc1ncsc1C(=O)N1CCN(c2cc(N3CCOCC3)ncn2)CC1. The normalized spacial score (nSPS) is 18.3. The molecule has 26 heavy (non-hydrogen) atoms. The fourth-order valence-corrected chi connectivity index (χ4v) is 4.03. The van der Waals surface area contributed by atoms with E-state index in [1.807, 2.05) is 17.9 Å². The molecular formula is C17H22N6O2S. The van der Waals surface area contributed by atoms with Gasteiger partial charge in [0.15, 0.2) is 0 Å². The summed E-state index contributed by atoms with van der Waals surface area (Å²) in [6.07, 6.45) is 1.62. The van der Waals surface area contributed by atoms with Crippen LogP contribution in [-0.4, -0.2) is 78.2 Å². The van der Waals surface area contributed by atoms with Crippen LogP contribution in [0.15, 0.2) is 17.9 Å². The van der Waals surface area contributed by atoms with Crippen LogP contribution in [0.1, 0.15) is 15.4 Å². The lowest BCUT2D eigenvalue weighted by atomic mass is 10.2. The summed E-state index contributed by atoms with van der Waals surface area (Å²) < 4.78 is 5.40. The van der Waals surface area contributed by atoms with Crippen molar-refractivity contribution in [1.29, 1.82) is 0 Å². The number of amides is 1. The van der Waals surface area contributed by atoms with Crippen molar-refractivity contribution in [2.24, 2.45) is 0 Å². The van der Waals surface area contributed by atoms with Gasteiger partial charge in [-0.2, -0.15) is 0 Å². The molecule has 4 rings (SSSR count). The van der Waals surface area contributed by atoms with Crippen LogP contribution >= 0.6 is 11.3 Å². The van der Waals surface area contributed by atoms with Gasteiger partial charge in [-0.1, -0.05) is 0 Å². The zero-order chi connectivity index (χ0) is 17.9. The molecule has 2 aromatic heterocycles. The minimum atomic E-state index is 0.0846.